The Morgan fingerprint density at radius 1 is 1.05 bits per heavy atom. The lowest BCUT2D eigenvalue weighted by molar-refractivity contribution is 0.770. The van der Waals surface area contributed by atoms with Crippen LogP contribution < -0.4 is 10.6 Å². The zero-order valence-corrected chi connectivity index (χ0v) is 11.9. The van der Waals surface area contributed by atoms with Crippen molar-refractivity contribution in [2.24, 2.45) is 5.73 Å². The first kappa shape index (κ1) is 13.1. The summed E-state index contributed by atoms with van der Waals surface area (Å²) in [5, 5.41) is 0. The summed E-state index contributed by atoms with van der Waals surface area (Å²) in [7, 11) is 0. The number of nitrogens with two attached hydrogens (primary N) is 1. The summed E-state index contributed by atoms with van der Waals surface area (Å²) < 4.78 is 0. The van der Waals surface area contributed by atoms with E-state index in [0.29, 0.717) is 0 Å². The van der Waals surface area contributed by atoms with Gasteiger partial charge in [0.1, 0.15) is 0 Å². The molecule has 1 aromatic carbocycles. The van der Waals surface area contributed by atoms with Crippen molar-refractivity contribution >= 4 is 5.69 Å². The lowest BCUT2D eigenvalue weighted by Crippen LogP contribution is -2.26. The number of benzene rings is 1. The van der Waals surface area contributed by atoms with Crippen molar-refractivity contribution in [1.29, 1.82) is 0 Å². The molecule has 1 aliphatic rings. The molecular weight excluding hydrogens is 246 g/mol. The molecule has 0 bridgehead atoms. The van der Waals surface area contributed by atoms with E-state index in [4.69, 9.17) is 5.73 Å². The van der Waals surface area contributed by atoms with Crippen LogP contribution in [-0.4, -0.2) is 18.1 Å². The Balaban J connectivity index is 1.76. The highest BCUT2D eigenvalue weighted by Gasteiger charge is 2.14. The van der Waals surface area contributed by atoms with Gasteiger partial charge in [0.15, 0.2) is 0 Å². The van der Waals surface area contributed by atoms with E-state index >= 15 is 0 Å². The molecule has 0 radical (unpaired) electrons. The van der Waals surface area contributed by atoms with Gasteiger partial charge >= 0.3 is 0 Å². The second kappa shape index (κ2) is 5.63. The summed E-state index contributed by atoms with van der Waals surface area (Å²) in [6.07, 6.45) is 4.16. The van der Waals surface area contributed by atoms with Crippen LogP contribution >= 0.6 is 0 Å². The number of rotatable bonds is 2. The molecule has 20 heavy (non-hydrogen) atoms. The predicted octanol–water partition coefficient (Wildman–Crippen LogP) is 2.71. The van der Waals surface area contributed by atoms with Crippen LogP contribution in [0.4, 0.5) is 5.69 Å². The molecule has 104 valence electrons. The highest BCUT2D eigenvalue weighted by molar-refractivity contribution is 5.46. The van der Waals surface area contributed by atoms with Crippen LogP contribution in [0.5, 0.6) is 0 Å². The topological polar surface area (TPSA) is 42.1 Å². The van der Waals surface area contributed by atoms with E-state index in [1.54, 1.807) is 0 Å². The highest BCUT2D eigenvalue weighted by Crippen LogP contribution is 2.21. The van der Waals surface area contributed by atoms with Crippen LogP contribution in [0.15, 0.2) is 42.6 Å². The van der Waals surface area contributed by atoms with E-state index in [9.17, 15) is 0 Å². The Morgan fingerprint density at radius 3 is 2.20 bits per heavy atom. The van der Waals surface area contributed by atoms with Crippen LogP contribution in [0.2, 0.25) is 0 Å². The van der Waals surface area contributed by atoms with Crippen LogP contribution in [-0.2, 0) is 12.8 Å². The minimum Gasteiger partial charge on any atom is -0.370 e. The summed E-state index contributed by atoms with van der Waals surface area (Å²) >= 11 is 0. The summed E-state index contributed by atoms with van der Waals surface area (Å²) in [5.41, 5.74) is 11.0. The van der Waals surface area contributed by atoms with Crippen LogP contribution in [0.25, 0.3) is 0 Å². The zero-order chi connectivity index (χ0) is 13.9. The number of anilines is 1. The maximum Gasteiger partial charge on any atom is 0.0569 e. The van der Waals surface area contributed by atoms with E-state index in [0.717, 1.165) is 31.6 Å². The van der Waals surface area contributed by atoms with Gasteiger partial charge < -0.3 is 10.6 Å². The Morgan fingerprint density at radius 2 is 1.70 bits per heavy atom. The van der Waals surface area contributed by atoms with Crippen LogP contribution in [0.1, 0.15) is 29.8 Å². The minimum absolute atomic E-state index is 0.00237. The fraction of sp³-hybridized carbons (Fsp3) is 0.353. The Hall–Kier alpha value is -1.87. The molecule has 0 aliphatic carbocycles. The van der Waals surface area contributed by atoms with E-state index in [1.807, 2.05) is 19.2 Å². The van der Waals surface area contributed by atoms with Gasteiger partial charge in [-0.2, -0.15) is 0 Å². The smallest absolute Gasteiger partial charge is 0.0569 e. The Kier molecular flexibility index (Phi) is 3.70. The largest absolute Gasteiger partial charge is 0.370 e. The Bertz CT molecular complexity index is 548. The monoisotopic (exact) mass is 267 g/mol. The molecule has 1 aliphatic heterocycles. The van der Waals surface area contributed by atoms with E-state index in [1.165, 1.54) is 16.8 Å². The first-order valence-corrected chi connectivity index (χ1v) is 7.27. The van der Waals surface area contributed by atoms with Gasteiger partial charge in [0.05, 0.1) is 17.6 Å². The average molecular weight is 267 g/mol. The molecule has 1 aromatic heterocycles. The normalized spacial score (nSPS) is 16.4. The van der Waals surface area contributed by atoms with Gasteiger partial charge in [-0.15, -0.1) is 0 Å². The average Bonchev–Trinajstić information content (AvgIpc) is 2.70. The molecule has 0 spiro atoms. The number of fused-ring (bicyclic) bond motifs is 1. The number of hydrogen-bond acceptors (Lipinski definition) is 3. The summed E-state index contributed by atoms with van der Waals surface area (Å²) in [6, 6.07) is 12.9. The quantitative estimate of drug-likeness (QED) is 0.909. The predicted molar refractivity (Wildman–Crippen MR) is 82.9 cm³/mol. The number of nitrogens with zero attached hydrogens (tertiary/aromatic N) is 2. The van der Waals surface area contributed by atoms with E-state index in [-0.39, 0.29) is 6.04 Å². The number of pyridine rings is 1. The fourth-order valence-electron chi connectivity index (χ4n) is 2.78. The zero-order valence-electron chi connectivity index (χ0n) is 11.9. The lowest BCUT2D eigenvalue weighted by atomic mass is 10.0. The maximum absolute atomic E-state index is 5.85. The molecule has 2 heterocycles. The van der Waals surface area contributed by atoms with Crippen molar-refractivity contribution < 1.29 is 0 Å². The van der Waals surface area contributed by atoms with Crippen molar-refractivity contribution in [3.05, 3.63) is 59.4 Å². The summed E-state index contributed by atoms with van der Waals surface area (Å²) in [5.74, 6) is 0. The van der Waals surface area contributed by atoms with Gasteiger partial charge in [-0.1, -0.05) is 24.3 Å². The lowest BCUT2D eigenvalue weighted by Gasteiger charge is -2.22. The van der Waals surface area contributed by atoms with Crippen LogP contribution in [0.3, 0.4) is 0 Å². The molecule has 0 amide bonds. The molecule has 0 saturated carbocycles. The van der Waals surface area contributed by atoms with Gasteiger partial charge in [-0.05, 0) is 43.0 Å². The molecule has 2 aromatic rings. The molecule has 3 nitrogen and oxygen atoms in total. The van der Waals surface area contributed by atoms with Crippen molar-refractivity contribution in [3.63, 3.8) is 0 Å². The molecule has 0 fully saturated rings. The van der Waals surface area contributed by atoms with Gasteiger partial charge in [-0.25, -0.2) is 0 Å². The molecule has 0 saturated heterocycles. The van der Waals surface area contributed by atoms with Crippen molar-refractivity contribution in [3.8, 4) is 0 Å². The second-order valence-corrected chi connectivity index (χ2v) is 5.49. The fourth-order valence-corrected chi connectivity index (χ4v) is 2.78. The van der Waals surface area contributed by atoms with Gasteiger partial charge in [0.2, 0.25) is 0 Å². The highest BCUT2D eigenvalue weighted by atomic mass is 15.1. The number of aromatic nitrogens is 1. The molecule has 0 unspecified atom stereocenters. The van der Waals surface area contributed by atoms with Crippen molar-refractivity contribution in [1.82, 2.24) is 4.98 Å². The van der Waals surface area contributed by atoms with Gasteiger partial charge in [0, 0.05) is 19.1 Å². The molecule has 2 N–H and O–H groups in total. The van der Waals surface area contributed by atoms with Gasteiger partial charge in [0.25, 0.3) is 0 Å². The van der Waals surface area contributed by atoms with E-state index in [2.05, 4.69) is 40.2 Å². The summed E-state index contributed by atoms with van der Waals surface area (Å²) in [6.45, 7) is 4.07. The van der Waals surface area contributed by atoms with Crippen LogP contribution in [0, 0.1) is 0 Å². The maximum atomic E-state index is 5.85. The first-order chi connectivity index (χ1) is 9.74. The third-order valence-corrected chi connectivity index (χ3v) is 4.02. The molecule has 1 atom stereocenters. The number of hydrogen-bond donors (Lipinski definition) is 1. The first-order valence-electron chi connectivity index (χ1n) is 7.27. The van der Waals surface area contributed by atoms with Crippen molar-refractivity contribution in [2.75, 3.05) is 18.0 Å². The standard InChI is InChI=1S/C17H21N3/c1-13(18)17-7-6-16(12-19-17)20-10-8-14-4-2-3-5-15(14)9-11-20/h2-7,12-13H,8-11,18H2,1H3/t13-/m0/s1. The van der Waals surface area contributed by atoms with E-state index < -0.39 is 0 Å². The minimum atomic E-state index is -0.00237. The molecule has 3 rings (SSSR count). The molecule has 3 heteroatoms. The molecular formula is C17H21N3. The van der Waals surface area contributed by atoms with Crippen molar-refractivity contribution in [2.45, 2.75) is 25.8 Å². The third-order valence-electron chi connectivity index (χ3n) is 4.02. The second-order valence-electron chi connectivity index (χ2n) is 5.49. The SMILES string of the molecule is C[C@H](N)c1ccc(N2CCc3ccccc3CC2)cn1. The summed E-state index contributed by atoms with van der Waals surface area (Å²) in [4.78, 5) is 6.88. The Labute approximate surface area is 120 Å². The van der Waals surface area contributed by atoms with Gasteiger partial charge in [-0.3, -0.25) is 4.98 Å². The third kappa shape index (κ3) is 2.68.